The van der Waals surface area contributed by atoms with Crippen molar-refractivity contribution < 1.29 is 74.2 Å². The summed E-state index contributed by atoms with van der Waals surface area (Å²) in [7, 11) is 9.71. The molecule has 0 atom stereocenters. The number of aliphatic carboxylic acids is 4. The molecule has 0 saturated heterocycles. The summed E-state index contributed by atoms with van der Waals surface area (Å²) in [6.07, 6.45) is 4.09. The molecule has 0 aliphatic heterocycles. The Morgan fingerprint density at radius 2 is 0.679 bits per heavy atom. The fourth-order valence-electron chi connectivity index (χ4n) is 0.855. The molecule has 0 amide bonds. The standard InChI is InChI=1S/4C4H8O2.2ClH.2Ru/c4*1-2-3-4(5)6;;;;/h4*2-3H2,1H3,(H,5,6);2*1H;;/q;;;;;;;+2/p-2. The first-order valence-corrected chi connectivity index (χ1v) is 12.7. The average Bonchev–Trinajstić information content (AvgIpc) is 2.49. The summed E-state index contributed by atoms with van der Waals surface area (Å²) in [4.78, 5) is 38.4. The van der Waals surface area contributed by atoms with E-state index in [0.717, 1.165) is 25.7 Å². The fraction of sp³-hybridized carbons (Fsp3) is 0.750. The van der Waals surface area contributed by atoms with Crippen molar-refractivity contribution in [1.29, 1.82) is 0 Å². The van der Waals surface area contributed by atoms with Crippen molar-refractivity contribution in [2.75, 3.05) is 0 Å². The van der Waals surface area contributed by atoms with Gasteiger partial charge in [-0.3, -0.25) is 19.2 Å². The zero-order valence-corrected chi connectivity index (χ0v) is 21.5. The maximum absolute atomic E-state index is 9.60. The molecule has 0 aromatic heterocycles. The van der Waals surface area contributed by atoms with E-state index in [-0.39, 0.29) is 34.6 Å². The van der Waals surface area contributed by atoms with Crippen LogP contribution in [0.4, 0.5) is 0 Å². The molecule has 0 aromatic carbocycles. The molecule has 12 heteroatoms. The monoisotopic (exact) mass is 626 g/mol. The molecule has 0 fully saturated rings. The SMILES string of the molecule is CCCC(=O)O.CCCC(=O)O.CCCC(=O)O.CCCC(=O)O.[Cl][Ru][Cl].[Ru]. The van der Waals surface area contributed by atoms with E-state index in [0.29, 0.717) is 25.7 Å². The predicted molar refractivity (Wildman–Crippen MR) is 102 cm³/mol. The Kier molecular flexibility index (Phi) is 61.7. The largest absolute Gasteiger partial charge is 0 e. The van der Waals surface area contributed by atoms with Gasteiger partial charge >= 0.3 is 58.4 Å². The third-order valence-corrected chi connectivity index (χ3v) is 1.86. The van der Waals surface area contributed by atoms with E-state index in [1.807, 2.05) is 27.7 Å². The molecular formula is C16H32Cl2O8Ru2. The van der Waals surface area contributed by atoms with Crippen molar-refractivity contribution >= 4 is 43.3 Å². The van der Waals surface area contributed by atoms with E-state index >= 15 is 0 Å². The number of halogens is 2. The van der Waals surface area contributed by atoms with Crippen molar-refractivity contribution in [2.24, 2.45) is 0 Å². The molecule has 0 aliphatic carbocycles. The van der Waals surface area contributed by atoms with Crippen LogP contribution < -0.4 is 0 Å². The zero-order chi connectivity index (χ0) is 22.7. The van der Waals surface area contributed by atoms with Crippen molar-refractivity contribution in [2.45, 2.75) is 79.1 Å². The van der Waals surface area contributed by atoms with Gasteiger partial charge in [0.1, 0.15) is 0 Å². The zero-order valence-electron chi connectivity index (χ0n) is 16.5. The van der Waals surface area contributed by atoms with Crippen molar-refractivity contribution in [1.82, 2.24) is 0 Å². The quantitative estimate of drug-likeness (QED) is 0.280. The minimum Gasteiger partial charge on any atom is 0 e. The maximum Gasteiger partial charge on any atom is 0 e. The number of hydrogen-bond donors (Lipinski definition) is 4. The summed E-state index contributed by atoms with van der Waals surface area (Å²) in [6, 6.07) is 0. The normalized spacial score (nSPS) is 7.79. The minimum atomic E-state index is -0.711. The summed E-state index contributed by atoms with van der Waals surface area (Å²) >= 11 is -0.346. The van der Waals surface area contributed by atoms with Crippen LogP contribution in [-0.2, 0) is 53.8 Å². The third kappa shape index (κ3) is 115. The summed E-state index contributed by atoms with van der Waals surface area (Å²) < 4.78 is 0. The Morgan fingerprint density at radius 1 is 0.571 bits per heavy atom. The second kappa shape index (κ2) is 41.2. The van der Waals surface area contributed by atoms with Gasteiger partial charge in [-0.15, -0.1) is 0 Å². The second-order valence-corrected chi connectivity index (χ2v) is 7.26. The van der Waals surface area contributed by atoms with Gasteiger partial charge in [0.05, 0.1) is 0 Å². The molecule has 0 aromatic rings. The van der Waals surface area contributed by atoms with E-state index in [1.165, 1.54) is 0 Å². The molecule has 0 heterocycles. The summed E-state index contributed by atoms with van der Waals surface area (Å²) in [5.74, 6) is -2.84. The maximum atomic E-state index is 9.60. The van der Waals surface area contributed by atoms with Gasteiger partial charge in [-0.1, -0.05) is 27.7 Å². The average molecular weight is 625 g/mol. The van der Waals surface area contributed by atoms with Crippen LogP contribution in [0.2, 0.25) is 0 Å². The van der Waals surface area contributed by atoms with Gasteiger partial charge in [0.2, 0.25) is 0 Å². The Bertz CT molecular complexity index is 296. The number of carboxylic acids is 4. The van der Waals surface area contributed by atoms with E-state index in [9.17, 15) is 19.2 Å². The molecule has 0 saturated carbocycles. The van der Waals surface area contributed by atoms with Crippen LogP contribution >= 0.6 is 19.4 Å². The first-order chi connectivity index (χ1) is 12.5. The first-order valence-electron chi connectivity index (χ1n) is 8.22. The third-order valence-electron chi connectivity index (χ3n) is 1.86. The Morgan fingerprint density at radius 3 is 0.679 bits per heavy atom. The van der Waals surface area contributed by atoms with Crippen LogP contribution in [0.15, 0.2) is 0 Å². The van der Waals surface area contributed by atoms with Crippen LogP contribution in [0.3, 0.4) is 0 Å². The molecular weight excluding hydrogens is 593 g/mol. The van der Waals surface area contributed by atoms with E-state index in [1.54, 1.807) is 0 Å². The number of rotatable bonds is 8. The van der Waals surface area contributed by atoms with Gasteiger partial charge in [-0.05, 0) is 25.7 Å². The van der Waals surface area contributed by atoms with Gasteiger partial charge < -0.3 is 20.4 Å². The van der Waals surface area contributed by atoms with Crippen molar-refractivity contribution in [3.63, 3.8) is 0 Å². The van der Waals surface area contributed by atoms with Crippen LogP contribution in [0.5, 0.6) is 0 Å². The topological polar surface area (TPSA) is 149 Å². The van der Waals surface area contributed by atoms with Gasteiger partial charge in [0.25, 0.3) is 0 Å². The smallest absolute Gasteiger partial charge is 0 e. The van der Waals surface area contributed by atoms with Gasteiger partial charge in [-0.2, -0.15) is 0 Å². The Balaban J connectivity index is -0.0000000544. The Labute approximate surface area is 195 Å². The molecule has 28 heavy (non-hydrogen) atoms. The molecule has 174 valence electrons. The van der Waals surface area contributed by atoms with Gasteiger partial charge in [0.15, 0.2) is 0 Å². The van der Waals surface area contributed by atoms with Crippen molar-refractivity contribution in [3.05, 3.63) is 0 Å². The van der Waals surface area contributed by atoms with Crippen LogP contribution in [0, 0.1) is 0 Å². The molecule has 0 aliphatic rings. The number of hydrogen-bond acceptors (Lipinski definition) is 4. The molecule has 0 radical (unpaired) electrons. The first kappa shape index (κ1) is 41.9. The van der Waals surface area contributed by atoms with Crippen molar-refractivity contribution in [3.8, 4) is 0 Å². The van der Waals surface area contributed by atoms with Gasteiger partial charge in [0, 0.05) is 45.2 Å². The van der Waals surface area contributed by atoms with Crippen LogP contribution in [-0.4, -0.2) is 44.3 Å². The van der Waals surface area contributed by atoms with E-state index in [4.69, 9.17) is 39.8 Å². The number of carbonyl (C=O) groups is 4. The van der Waals surface area contributed by atoms with Crippen LogP contribution in [0.25, 0.3) is 0 Å². The predicted octanol–water partition coefficient (Wildman–Crippen LogP) is 4.86. The van der Waals surface area contributed by atoms with Gasteiger partial charge in [-0.25, -0.2) is 0 Å². The molecule has 0 rings (SSSR count). The molecule has 0 bridgehead atoms. The molecule has 8 nitrogen and oxygen atoms in total. The van der Waals surface area contributed by atoms with E-state index < -0.39 is 23.9 Å². The summed E-state index contributed by atoms with van der Waals surface area (Å²) in [6.45, 7) is 7.37. The fourth-order valence-corrected chi connectivity index (χ4v) is 0.855. The minimum absolute atomic E-state index is 0. The second-order valence-electron chi connectivity index (χ2n) is 4.63. The van der Waals surface area contributed by atoms with Crippen LogP contribution in [0.1, 0.15) is 79.1 Å². The van der Waals surface area contributed by atoms with E-state index in [2.05, 4.69) is 0 Å². The molecule has 0 spiro atoms. The molecule has 0 unspecified atom stereocenters. The summed E-state index contributed by atoms with van der Waals surface area (Å²) in [5, 5.41) is 31.7. The number of carboxylic acid groups (broad SMARTS) is 4. The summed E-state index contributed by atoms with van der Waals surface area (Å²) in [5.41, 5.74) is 0. The Hall–Kier alpha value is -0.293. The molecule has 4 N–H and O–H groups in total.